The zero-order valence-electron chi connectivity index (χ0n) is 13.4. The number of hydrogen-bond donors (Lipinski definition) is 2. The van der Waals surface area contributed by atoms with E-state index in [1.165, 1.54) is 6.07 Å². The molecule has 3 rings (SSSR count). The molecule has 1 aromatic carbocycles. The summed E-state index contributed by atoms with van der Waals surface area (Å²) in [5, 5.41) is 22.3. The van der Waals surface area contributed by atoms with Crippen molar-refractivity contribution in [3.8, 4) is 0 Å². The van der Waals surface area contributed by atoms with E-state index in [0.29, 0.717) is 12.1 Å². The fourth-order valence-electron chi connectivity index (χ4n) is 3.32. The Balaban J connectivity index is 1.93. The minimum Gasteiger partial charge on any atom is -0.385 e. The van der Waals surface area contributed by atoms with Crippen LogP contribution in [-0.2, 0) is 18.8 Å². The number of halogens is 3. The molecule has 2 aromatic rings. The molecule has 0 bridgehead atoms. The SMILES string of the molecule is C[C@H]1C[C@@](O)(c2cccc(C(F)(F)F)c2)C[C@@H](c2cn(C)nn2)N1. The monoisotopic (exact) mass is 340 g/mol. The van der Waals surface area contributed by atoms with Crippen LogP contribution in [0.15, 0.2) is 30.5 Å². The van der Waals surface area contributed by atoms with Crippen LogP contribution in [0.3, 0.4) is 0 Å². The number of aliphatic hydroxyl groups is 1. The zero-order chi connectivity index (χ0) is 17.5. The average Bonchev–Trinajstić information content (AvgIpc) is 2.92. The molecule has 5 nitrogen and oxygen atoms in total. The fourth-order valence-corrected chi connectivity index (χ4v) is 3.32. The van der Waals surface area contributed by atoms with Gasteiger partial charge in [0, 0.05) is 25.7 Å². The molecule has 1 fully saturated rings. The van der Waals surface area contributed by atoms with Crippen LogP contribution in [0.25, 0.3) is 0 Å². The molecule has 0 unspecified atom stereocenters. The van der Waals surface area contributed by atoms with E-state index < -0.39 is 17.3 Å². The molecular weight excluding hydrogens is 321 g/mol. The third-order valence-electron chi connectivity index (χ3n) is 4.38. The Bertz CT molecular complexity index is 730. The van der Waals surface area contributed by atoms with Crippen LogP contribution in [0.2, 0.25) is 0 Å². The second kappa shape index (κ2) is 5.86. The number of hydrogen-bond acceptors (Lipinski definition) is 4. The summed E-state index contributed by atoms with van der Waals surface area (Å²) in [5.74, 6) is 0. The lowest BCUT2D eigenvalue weighted by atomic mass is 9.78. The van der Waals surface area contributed by atoms with Crippen molar-refractivity contribution < 1.29 is 18.3 Å². The molecule has 0 spiro atoms. The summed E-state index contributed by atoms with van der Waals surface area (Å²) >= 11 is 0. The second-order valence-corrected chi connectivity index (χ2v) is 6.46. The van der Waals surface area contributed by atoms with E-state index >= 15 is 0 Å². The van der Waals surface area contributed by atoms with Crippen LogP contribution in [0.4, 0.5) is 13.2 Å². The maximum Gasteiger partial charge on any atom is 0.416 e. The highest BCUT2D eigenvalue weighted by molar-refractivity contribution is 5.31. The number of benzene rings is 1. The molecule has 8 heteroatoms. The van der Waals surface area contributed by atoms with Crippen molar-refractivity contribution in [2.75, 3.05) is 0 Å². The summed E-state index contributed by atoms with van der Waals surface area (Å²) in [6.45, 7) is 1.89. The number of piperidine rings is 1. The molecular formula is C16H19F3N4O. The predicted molar refractivity (Wildman–Crippen MR) is 80.9 cm³/mol. The molecule has 0 aliphatic carbocycles. The fraction of sp³-hybridized carbons (Fsp3) is 0.500. The standard InChI is InChI=1S/C16H19F3N4O/c1-10-7-15(24,8-13(20-10)14-9-23(2)22-21-14)11-4-3-5-12(6-11)16(17,18)19/h3-6,9-10,13,20,24H,7-8H2,1-2H3/t10-,13-,15-/m0/s1. The van der Waals surface area contributed by atoms with Crippen LogP contribution in [0.1, 0.15) is 42.6 Å². The lowest BCUT2D eigenvalue weighted by molar-refractivity contribution is -0.137. The molecule has 2 N–H and O–H groups in total. The van der Waals surface area contributed by atoms with Crippen molar-refractivity contribution >= 4 is 0 Å². The molecule has 0 radical (unpaired) electrons. The van der Waals surface area contributed by atoms with Gasteiger partial charge in [-0.1, -0.05) is 17.3 Å². The smallest absolute Gasteiger partial charge is 0.385 e. The first-order valence-corrected chi connectivity index (χ1v) is 7.70. The lowest BCUT2D eigenvalue weighted by Gasteiger charge is -2.41. The Kier molecular flexibility index (Phi) is 4.13. The number of nitrogens with one attached hydrogen (secondary N) is 1. The van der Waals surface area contributed by atoms with Crippen LogP contribution >= 0.6 is 0 Å². The van der Waals surface area contributed by atoms with Crippen molar-refractivity contribution in [2.45, 2.75) is 43.6 Å². The largest absolute Gasteiger partial charge is 0.416 e. The molecule has 3 atom stereocenters. The van der Waals surface area contributed by atoms with Gasteiger partial charge in [-0.05, 0) is 31.0 Å². The third kappa shape index (κ3) is 3.29. The van der Waals surface area contributed by atoms with Gasteiger partial charge in [-0.15, -0.1) is 5.10 Å². The van der Waals surface area contributed by atoms with Crippen molar-refractivity contribution in [3.05, 3.63) is 47.3 Å². The summed E-state index contributed by atoms with van der Waals surface area (Å²) in [6.07, 6.45) is -2.14. The Morgan fingerprint density at radius 3 is 2.71 bits per heavy atom. The van der Waals surface area contributed by atoms with E-state index in [1.54, 1.807) is 24.0 Å². The molecule has 24 heavy (non-hydrogen) atoms. The van der Waals surface area contributed by atoms with Gasteiger partial charge in [0.1, 0.15) is 0 Å². The number of alkyl halides is 3. The van der Waals surface area contributed by atoms with Crippen molar-refractivity contribution in [1.29, 1.82) is 0 Å². The van der Waals surface area contributed by atoms with E-state index in [9.17, 15) is 18.3 Å². The Morgan fingerprint density at radius 1 is 1.33 bits per heavy atom. The average molecular weight is 340 g/mol. The highest BCUT2D eigenvalue weighted by Gasteiger charge is 2.41. The lowest BCUT2D eigenvalue weighted by Crippen LogP contribution is -2.47. The summed E-state index contributed by atoms with van der Waals surface area (Å²) < 4.78 is 40.5. The molecule has 2 heterocycles. The van der Waals surface area contributed by atoms with Gasteiger partial charge in [-0.2, -0.15) is 13.2 Å². The first kappa shape index (κ1) is 16.9. The summed E-state index contributed by atoms with van der Waals surface area (Å²) in [7, 11) is 1.74. The van der Waals surface area contributed by atoms with Gasteiger partial charge in [-0.25, -0.2) is 0 Å². The van der Waals surface area contributed by atoms with Crippen molar-refractivity contribution in [2.24, 2.45) is 7.05 Å². The van der Waals surface area contributed by atoms with Gasteiger partial charge in [-0.3, -0.25) is 4.68 Å². The van der Waals surface area contributed by atoms with Crippen LogP contribution in [0, 0.1) is 0 Å². The van der Waals surface area contributed by atoms with Crippen molar-refractivity contribution in [1.82, 2.24) is 20.3 Å². The van der Waals surface area contributed by atoms with Crippen molar-refractivity contribution in [3.63, 3.8) is 0 Å². The Labute approximate surface area is 137 Å². The zero-order valence-corrected chi connectivity index (χ0v) is 13.4. The first-order chi connectivity index (χ1) is 11.2. The van der Waals surface area contributed by atoms with E-state index in [-0.39, 0.29) is 24.1 Å². The second-order valence-electron chi connectivity index (χ2n) is 6.46. The summed E-state index contributed by atoms with van der Waals surface area (Å²) in [6, 6.07) is 4.57. The quantitative estimate of drug-likeness (QED) is 0.882. The van der Waals surface area contributed by atoms with Gasteiger partial charge >= 0.3 is 6.18 Å². The molecule has 1 saturated heterocycles. The van der Waals surface area contributed by atoms with Gasteiger partial charge < -0.3 is 10.4 Å². The van der Waals surface area contributed by atoms with Crippen LogP contribution < -0.4 is 5.32 Å². The molecule has 1 aliphatic rings. The first-order valence-electron chi connectivity index (χ1n) is 7.70. The van der Waals surface area contributed by atoms with E-state index in [4.69, 9.17) is 0 Å². The minimum atomic E-state index is -4.44. The highest BCUT2D eigenvalue weighted by atomic mass is 19.4. The number of nitrogens with zero attached hydrogens (tertiary/aromatic N) is 3. The number of aryl methyl sites for hydroxylation is 1. The van der Waals surface area contributed by atoms with Gasteiger partial charge in [0.25, 0.3) is 0 Å². The predicted octanol–water partition coefficient (Wildman–Crippen LogP) is 2.53. The molecule has 130 valence electrons. The third-order valence-corrected chi connectivity index (χ3v) is 4.38. The number of aromatic nitrogens is 3. The van der Waals surface area contributed by atoms with Gasteiger partial charge in [0.2, 0.25) is 0 Å². The Hall–Kier alpha value is -1.93. The minimum absolute atomic E-state index is 0.0784. The highest BCUT2D eigenvalue weighted by Crippen LogP contribution is 2.41. The van der Waals surface area contributed by atoms with E-state index in [0.717, 1.165) is 12.1 Å². The summed E-state index contributed by atoms with van der Waals surface area (Å²) in [5.41, 5.74) is -1.17. The van der Waals surface area contributed by atoms with Gasteiger partial charge in [0.05, 0.1) is 22.9 Å². The van der Waals surface area contributed by atoms with Gasteiger partial charge in [0.15, 0.2) is 0 Å². The molecule has 0 amide bonds. The van der Waals surface area contributed by atoms with Crippen LogP contribution in [0.5, 0.6) is 0 Å². The van der Waals surface area contributed by atoms with E-state index in [1.807, 2.05) is 6.92 Å². The van der Waals surface area contributed by atoms with Crippen LogP contribution in [-0.4, -0.2) is 26.1 Å². The normalized spacial score (nSPS) is 28.1. The maximum atomic E-state index is 13.0. The summed E-state index contributed by atoms with van der Waals surface area (Å²) in [4.78, 5) is 0. The molecule has 1 aromatic heterocycles. The van der Waals surface area contributed by atoms with E-state index in [2.05, 4.69) is 15.6 Å². The molecule has 0 saturated carbocycles. The topological polar surface area (TPSA) is 63.0 Å². The maximum absolute atomic E-state index is 13.0. The molecule has 1 aliphatic heterocycles. The number of rotatable bonds is 2. The Morgan fingerprint density at radius 2 is 2.08 bits per heavy atom.